The van der Waals surface area contributed by atoms with E-state index in [1.54, 1.807) is 16.8 Å². The Kier molecular flexibility index (Phi) is 5.84. The molecule has 5 aromatic rings. The molecule has 5 rings (SSSR count). The quantitative estimate of drug-likeness (QED) is 0.308. The third-order valence-corrected chi connectivity index (χ3v) is 5.91. The van der Waals surface area contributed by atoms with E-state index in [9.17, 15) is 9.59 Å². The minimum absolute atomic E-state index is 0.242. The number of aromatic amines is 3. The van der Waals surface area contributed by atoms with E-state index >= 15 is 0 Å². The molecule has 0 fully saturated rings. The van der Waals surface area contributed by atoms with Gasteiger partial charge in [0.15, 0.2) is 5.65 Å². The Hall–Kier alpha value is -3.99. The molecule has 11 nitrogen and oxygen atoms in total. The Morgan fingerprint density at radius 1 is 1.12 bits per heavy atom. The van der Waals surface area contributed by atoms with Crippen LogP contribution >= 0.6 is 11.6 Å². The summed E-state index contributed by atoms with van der Waals surface area (Å²) < 4.78 is 7.15. The molecular formula is C22H21ClN8O3. The van der Waals surface area contributed by atoms with Gasteiger partial charge >= 0.3 is 5.69 Å². The summed E-state index contributed by atoms with van der Waals surface area (Å²) in [5, 5.41) is 9.13. The normalized spacial score (nSPS) is 12.4. The zero-order valence-corrected chi connectivity index (χ0v) is 19.0. The van der Waals surface area contributed by atoms with Gasteiger partial charge in [0.25, 0.3) is 5.56 Å². The molecule has 1 unspecified atom stereocenters. The third kappa shape index (κ3) is 4.55. The molecule has 0 amide bonds. The van der Waals surface area contributed by atoms with Crippen molar-refractivity contribution in [3.8, 4) is 11.4 Å². The van der Waals surface area contributed by atoms with Crippen molar-refractivity contribution in [3.63, 3.8) is 0 Å². The summed E-state index contributed by atoms with van der Waals surface area (Å²) in [6, 6.07) is 7.23. The predicted octanol–water partition coefficient (Wildman–Crippen LogP) is 3.01. The van der Waals surface area contributed by atoms with Crippen molar-refractivity contribution in [2.75, 3.05) is 0 Å². The van der Waals surface area contributed by atoms with Crippen LogP contribution in [0.15, 0.2) is 50.8 Å². The van der Waals surface area contributed by atoms with Crippen LogP contribution in [0.2, 0.25) is 5.02 Å². The van der Waals surface area contributed by atoms with E-state index in [4.69, 9.17) is 16.1 Å². The molecule has 4 aromatic heterocycles. The van der Waals surface area contributed by atoms with Crippen molar-refractivity contribution in [2.45, 2.75) is 38.6 Å². The van der Waals surface area contributed by atoms with Crippen LogP contribution < -0.4 is 11.2 Å². The molecule has 0 aliphatic carbocycles. The molecule has 0 radical (unpaired) electrons. The van der Waals surface area contributed by atoms with Gasteiger partial charge in [-0.3, -0.25) is 19.4 Å². The van der Waals surface area contributed by atoms with Crippen molar-refractivity contribution < 1.29 is 4.52 Å². The van der Waals surface area contributed by atoms with Crippen LogP contribution in [0.5, 0.6) is 0 Å². The Morgan fingerprint density at radius 2 is 1.94 bits per heavy atom. The number of benzene rings is 1. The van der Waals surface area contributed by atoms with Gasteiger partial charge in [0.2, 0.25) is 11.7 Å². The van der Waals surface area contributed by atoms with Crippen LogP contribution in [0.4, 0.5) is 0 Å². The average molecular weight is 481 g/mol. The van der Waals surface area contributed by atoms with E-state index in [1.165, 1.54) is 0 Å². The first-order chi connectivity index (χ1) is 16.5. The summed E-state index contributed by atoms with van der Waals surface area (Å²) >= 11 is 5.93. The van der Waals surface area contributed by atoms with Gasteiger partial charge in [0, 0.05) is 23.2 Å². The minimum atomic E-state index is -0.573. The van der Waals surface area contributed by atoms with Crippen molar-refractivity contribution in [2.24, 2.45) is 0 Å². The molecule has 1 aromatic carbocycles. The predicted molar refractivity (Wildman–Crippen MR) is 125 cm³/mol. The number of hydrogen-bond donors (Lipinski definition) is 3. The number of H-pyrrole nitrogens is 3. The molecule has 0 bridgehead atoms. The van der Waals surface area contributed by atoms with Crippen LogP contribution in [-0.2, 0) is 13.0 Å². The zero-order valence-electron chi connectivity index (χ0n) is 18.2. The van der Waals surface area contributed by atoms with Gasteiger partial charge in [0.05, 0.1) is 6.20 Å². The fourth-order valence-electron chi connectivity index (χ4n) is 3.87. The lowest BCUT2D eigenvalue weighted by Gasteiger charge is -2.11. The SMILES string of the molecule is CCC(CCc1nc2[nH]c(=O)[nH]c(=O)c2[nH]1)c1cnn(Cc2nc(-c3ccc(Cl)cc3)no2)c1. The molecule has 0 aliphatic heterocycles. The van der Waals surface area contributed by atoms with Gasteiger partial charge < -0.3 is 9.51 Å². The van der Waals surface area contributed by atoms with Crippen molar-refractivity contribution in [3.05, 3.63) is 79.8 Å². The number of fused-ring (bicyclic) bond motifs is 1. The molecule has 0 saturated carbocycles. The Bertz CT molecular complexity index is 1540. The number of hydrogen-bond acceptors (Lipinski definition) is 7. The number of halogens is 1. The topological polar surface area (TPSA) is 151 Å². The lowest BCUT2D eigenvalue weighted by molar-refractivity contribution is 0.366. The molecule has 4 heterocycles. The second-order valence-electron chi connectivity index (χ2n) is 7.95. The summed E-state index contributed by atoms with van der Waals surface area (Å²) in [5.74, 6) is 1.84. The first kappa shape index (κ1) is 21.8. The van der Waals surface area contributed by atoms with Crippen molar-refractivity contribution >= 4 is 22.8 Å². The van der Waals surface area contributed by atoms with Crippen molar-refractivity contribution in [1.82, 2.24) is 39.9 Å². The average Bonchev–Trinajstić information content (AvgIpc) is 3.55. The van der Waals surface area contributed by atoms with Crippen LogP contribution in [0.3, 0.4) is 0 Å². The highest BCUT2D eigenvalue weighted by atomic mass is 35.5. The molecule has 0 aliphatic rings. The van der Waals surface area contributed by atoms with Gasteiger partial charge in [-0.25, -0.2) is 9.78 Å². The second kappa shape index (κ2) is 9.10. The second-order valence-corrected chi connectivity index (χ2v) is 8.39. The molecule has 34 heavy (non-hydrogen) atoms. The van der Waals surface area contributed by atoms with Gasteiger partial charge in [-0.1, -0.05) is 23.7 Å². The van der Waals surface area contributed by atoms with Gasteiger partial charge in [-0.15, -0.1) is 0 Å². The first-order valence-corrected chi connectivity index (χ1v) is 11.2. The number of aryl methyl sites for hydroxylation is 1. The summed E-state index contributed by atoms with van der Waals surface area (Å²) in [4.78, 5) is 39.8. The monoisotopic (exact) mass is 480 g/mol. The molecule has 3 N–H and O–H groups in total. The lowest BCUT2D eigenvalue weighted by atomic mass is 9.94. The van der Waals surface area contributed by atoms with Crippen LogP contribution in [-0.4, -0.2) is 39.9 Å². The van der Waals surface area contributed by atoms with E-state index in [2.05, 4.69) is 42.1 Å². The Morgan fingerprint density at radius 3 is 2.74 bits per heavy atom. The highest BCUT2D eigenvalue weighted by Crippen LogP contribution is 2.25. The number of rotatable bonds is 8. The minimum Gasteiger partial charge on any atom is -0.337 e. The standard InChI is InChI=1S/C22H21ClN8O3/c1-2-12(5-8-16-25-18-20(26-16)28-22(33)29-21(18)32)14-9-24-31(10-14)11-17-27-19(30-34-17)13-3-6-15(23)7-4-13/h3-4,6-7,9-10,12H,2,5,8,11H2,1H3,(H3,25,26,28,29,32,33). The number of aromatic nitrogens is 8. The molecule has 1 atom stereocenters. The maximum absolute atomic E-state index is 11.9. The summed E-state index contributed by atoms with van der Waals surface area (Å²) in [7, 11) is 0. The lowest BCUT2D eigenvalue weighted by Crippen LogP contribution is -2.21. The molecule has 0 spiro atoms. The van der Waals surface area contributed by atoms with Crippen LogP contribution in [0.25, 0.3) is 22.6 Å². The summed E-state index contributed by atoms with van der Waals surface area (Å²) in [6.07, 6.45) is 6.14. The molecule has 12 heteroatoms. The van der Waals surface area contributed by atoms with E-state index in [1.807, 2.05) is 24.5 Å². The van der Waals surface area contributed by atoms with Gasteiger partial charge in [-0.2, -0.15) is 10.1 Å². The Balaban J connectivity index is 1.25. The largest absolute Gasteiger partial charge is 0.337 e. The third-order valence-electron chi connectivity index (χ3n) is 5.65. The number of imidazole rings is 1. The highest BCUT2D eigenvalue weighted by molar-refractivity contribution is 6.30. The number of nitrogens with one attached hydrogen (secondary N) is 3. The van der Waals surface area contributed by atoms with E-state index < -0.39 is 11.2 Å². The highest BCUT2D eigenvalue weighted by Gasteiger charge is 2.16. The van der Waals surface area contributed by atoms with E-state index in [0.29, 0.717) is 35.5 Å². The summed E-state index contributed by atoms with van der Waals surface area (Å²) in [6.45, 7) is 2.47. The van der Waals surface area contributed by atoms with E-state index in [0.717, 1.165) is 24.0 Å². The van der Waals surface area contributed by atoms with Crippen LogP contribution in [0.1, 0.15) is 43.0 Å². The molecule has 174 valence electrons. The van der Waals surface area contributed by atoms with Gasteiger partial charge in [-0.05, 0) is 48.6 Å². The van der Waals surface area contributed by atoms with E-state index in [-0.39, 0.29) is 17.1 Å². The maximum atomic E-state index is 11.9. The molecule has 0 saturated heterocycles. The summed E-state index contributed by atoms with van der Waals surface area (Å²) in [5.41, 5.74) is 1.39. The fraction of sp³-hybridized carbons (Fsp3) is 0.273. The first-order valence-electron chi connectivity index (χ1n) is 10.8. The van der Waals surface area contributed by atoms with Crippen LogP contribution in [0, 0.1) is 0 Å². The zero-order chi connectivity index (χ0) is 23.7. The smallest absolute Gasteiger partial charge is 0.327 e. The van der Waals surface area contributed by atoms with Gasteiger partial charge in [0.1, 0.15) is 17.9 Å². The molecular weight excluding hydrogens is 460 g/mol. The fourth-order valence-corrected chi connectivity index (χ4v) is 3.99. The Labute approximate surface area is 197 Å². The van der Waals surface area contributed by atoms with Crippen molar-refractivity contribution in [1.29, 1.82) is 0 Å². The maximum Gasteiger partial charge on any atom is 0.327 e. The number of nitrogens with zero attached hydrogens (tertiary/aromatic N) is 5.